The number of anilines is 1. The molecular weight excluding hydrogens is 240 g/mol. The maximum atomic E-state index is 9.55. The van der Waals surface area contributed by atoms with Crippen molar-refractivity contribution in [3.63, 3.8) is 0 Å². The van der Waals surface area contributed by atoms with Crippen LogP contribution in [0.2, 0.25) is 0 Å². The van der Waals surface area contributed by atoms with Gasteiger partial charge in [0, 0.05) is 23.5 Å². The number of aliphatic hydroxyl groups is 1. The lowest BCUT2D eigenvalue weighted by molar-refractivity contribution is 0.164. The van der Waals surface area contributed by atoms with Crippen molar-refractivity contribution in [2.45, 2.75) is 25.9 Å². The first-order valence-electron chi connectivity index (χ1n) is 6.60. The molecule has 0 saturated heterocycles. The molecular formula is C15H20N2O2. The van der Waals surface area contributed by atoms with Gasteiger partial charge in [0.1, 0.15) is 11.6 Å². The average Bonchev–Trinajstić information content (AvgIpc) is 2.46. The van der Waals surface area contributed by atoms with Gasteiger partial charge in [-0.05, 0) is 25.0 Å². The third-order valence-corrected chi connectivity index (χ3v) is 3.23. The van der Waals surface area contributed by atoms with Crippen molar-refractivity contribution in [3.05, 3.63) is 30.5 Å². The average molecular weight is 260 g/mol. The van der Waals surface area contributed by atoms with Gasteiger partial charge in [-0.15, -0.1) is 0 Å². The summed E-state index contributed by atoms with van der Waals surface area (Å²) in [5.74, 6) is 1.68. The molecule has 0 saturated carbocycles. The second kappa shape index (κ2) is 6.38. The highest BCUT2D eigenvalue weighted by atomic mass is 16.5. The van der Waals surface area contributed by atoms with E-state index in [1.165, 1.54) is 0 Å². The first-order valence-corrected chi connectivity index (χ1v) is 6.60. The van der Waals surface area contributed by atoms with Crippen LogP contribution in [0, 0.1) is 0 Å². The predicted molar refractivity (Wildman–Crippen MR) is 77.7 cm³/mol. The minimum atomic E-state index is -0.253. The molecule has 1 heterocycles. The Labute approximate surface area is 113 Å². The number of nitrogens with one attached hydrogen (secondary N) is 1. The Bertz CT molecular complexity index is 543. The molecule has 1 unspecified atom stereocenters. The fourth-order valence-electron chi connectivity index (χ4n) is 2.06. The van der Waals surface area contributed by atoms with Crippen LogP contribution >= 0.6 is 0 Å². The van der Waals surface area contributed by atoms with E-state index in [4.69, 9.17) is 4.74 Å². The fraction of sp³-hybridized carbons (Fsp3) is 0.400. The topological polar surface area (TPSA) is 54.4 Å². The van der Waals surface area contributed by atoms with Crippen LogP contribution in [0.1, 0.15) is 19.8 Å². The summed E-state index contributed by atoms with van der Waals surface area (Å²) < 4.78 is 5.35. The first kappa shape index (κ1) is 13.6. The number of hydrogen-bond acceptors (Lipinski definition) is 4. The molecule has 0 radical (unpaired) electrons. The molecule has 0 aliphatic rings. The third kappa shape index (κ3) is 3.15. The minimum absolute atomic E-state index is 0.253. The Balaban J connectivity index is 2.19. The van der Waals surface area contributed by atoms with Crippen LogP contribution in [-0.4, -0.2) is 29.8 Å². The highest BCUT2D eigenvalue weighted by Gasteiger charge is 2.06. The lowest BCUT2D eigenvalue weighted by Crippen LogP contribution is -2.13. The van der Waals surface area contributed by atoms with Crippen molar-refractivity contribution in [2.75, 3.05) is 19.0 Å². The summed E-state index contributed by atoms with van der Waals surface area (Å²) in [5, 5.41) is 14.9. The molecule has 0 bridgehead atoms. The van der Waals surface area contributed by atoms with Crippen molar-refractivity contribution >= 4 is 16.6 Å². The standard InChI is InChI=1S/C15H20N2O2/c1-3-11(18)7-9-16-15-13-5-4-6-14(19-2)12(13)8-10-17-15/h4-6,8,10-11,18H,3,7,9H2,1-2H3,(H,16,17). The van der Waals surface area contributed by atoms with Gasteiger partial charge in [0.2, 0.25) is 0 Å². The molecule has 1 atom stereocenters. The van der Waals surface area contributed by atoms with E-state index in [-0.39, 0.29) is 6.10 Å². The number of fused-ring (bicyclic) bond motifs is 1. The maximum Gasteiger partial charge on any atom is 0.133 e. The number of methoxy groups -OCH3 is 1. The summed E-state index contributed by atoms with van der Waals surface area (Å²) in [6, 6.07) is 7.85. The van der Waals surface area contributed by atoms with Gasteiger partial charge in [0.05, 0.1) is 13.2 Å². The van der Waals surface area contributed by atoms with Gasteiger partial charge in [-0.1, -0.05) is 19.1 Å². The highest BCUT2D eigenvalue weighted by molar-refractivity contribution is 5.95. The number of pyridine rings is 1. The van der Waals surface area contributed by atoms with E-state index in [9.17, 15) is 5.11 Å². The number of benzene rings is 1. The predicted octanol–water partition coefficient (Wildman–Crippen LogP) is 2.82. The molecule has 0 aliphatic heterocycles. The van der Waals surface area contributed by atoms with Crippen molar-refractivity contribution in [1.29, 1.82) is 0 Å². The number of nitrogens with zero attached hydrogens (tertiary/aromatic N) is 1. The molecule has 0 fully saturated rings. The molecule has 1 aromatic heterocycles. The zero-order chi connectivity index (χ0) is 13.7. The molecule has 102 valence electrons. The normalized spacial score (nSPS) is 12.4. The summed E-state index contributed by atoms with van der Waals surface area (Å²) in [6.45, 7) is 2.68. The van der Waals surface area contributed by atoms with Crippen LogP contribution in [-0.2, 0) is 0 Å². The molecule has 2 rings (SSSR count). The SMILES string of the molecule is CCC(O)CCNc1nccc2c(OC)cccc12. The monoisotopic (exact) mass is 260 g/mol. The quantitative estimate of drug-likeness (QED) is 0.838. The molecule has 4 heteroatoms. The Morgan fingerprint density at radius 1 is 1.32 bits per heavy atom. The smallest absolute Gasteiger partial charge is 0.133 e. The van der Waals surface area contributed by atoms with Gasteiger partial charge in [-0.25, -0.2) is 4.98 Å². The molecule has 0 amide bonds. The summed E-state index contributed by atoms with van der Waals surface area (Å²) in [4.78, 5) is 4.36. The van der Waals surface area contributed by atoms with E-state index in [0.717, 1.165) is 35.2 Å². The van der Waals surface area contributed by atoms with Crippen molar-refractivity contribution < 1.29 is 9.84 Å². The largest absolute Gasteiger partial charge is 0.496 e. The molecule has 2 N–H and O–H groups in total. The first-order chi connectivity index (χ1) is 9.26. The van der Waals surface area contributed by atoms with E-state index in [1.54, 1.807) is 13.3 Å². The number of aliphatic hydroxyl groups excluding tert-OH is 1. The number of hydrogen-bond donors (Lipinski definition) is 2. The van der Waals surface area contributed by atoms with Crippen molar-refractivity contribution in [2.24, 2.45) is 0 Å². The maximum absolute atomic E-state index is 9.55. The van der Waals surface area contributed by atoms with E-state index < -0.39 is 0 Å². The minimum Gasteiger partial charge on any atom is -0.496 e. The van der Waals surface area contributed by atoms with Crippen LogP contribution in [0.25, 0.3) is 10.8 Å². The van der Waals surface area contributed by atoms with Crippen LogP contribution in [0.5, 0.6) is 5.75 Å². The van der Waals surface area contributed by atoms with Gasteiger partial charge in [-0.3, -0.25) is 0 Å². The zero-order valence-electron chi connectivity index (χ0n) is 11.4. The van der Waals surface area contributed by atoms with E-state index >= 15 is 0 Å². The van der Waals surface area contributed by atoms with Crippen molar-refractivity contribution in [1.82, 2.24) is 4.98 Å². The number of ether oxygens (including phenoxy) is 1. The van der Waals surface area contributed by atoms with Gasteiger partial charge in [-0.2, -0.15) is 0 Å². The highest BCUT2D eigenvalue weighted by Crippen LogP contribution is 2.28. The molecule has 4 nitrogen and oxygen atoms in total. The summed E-state index contributed by atoms with van der Waals surface area (Å²) in [7, 11) is 1.67. The molecule has 0 aliphatic carbocycles. The lowest BCUT2D eigenvalue weighted by Gasteiger charge is -2.12. The number of aromatic nitrogens is 1. The summed E-state index contributed by atoms with van der Waals surface area (Å²) in [6.07, 6.45) is 3.01. The van der Waals surface area contributed by atoms with Crippen LogP contribution in [0.4, 0.5) is 5.82 Å². The van der Waals surface area contributed by atoms with Crippen LogP contribution < -0.4 is 10.1 Å². The zero-order valence-corrected chi connectivity index (χ0v) is 11.4. The van der Waals surface area contributed by atoms with Gasteiger partial charge < -0.3 is 15.2 Å². The van der Waals surface area contributed by atoms with Gasteiger partial charge >= 0.3 is 0 Å². The number of rotatable bonds is 6. The van der Waals surface area contributed by atoms with E-state index in [0.29, 0.717) is 6.54 Å². The van der Waals surface area contributed by atoms with E-state index in [1.807, 2.05) is 31.2 Å². The third-order valence-electron chi connectivity index (χ3n) is 3.23. The second-order valence-electron chi connectivity index (χ2n) is 4.49. The van der Waals surface area contributed by atoms with Gasteiger partial charge in [0.15, 0.2) is 0 Å². The molecule has 2 aromatic rings. The van der Waals surface area contributed by atoms with Gasteiger partial charge in [0.25, 0.3) is 0 Å². The molecule has 0 spiro atoms. The Morgan fingerprint density at radius 2 is 2.16 bits per heavy atom. The lowest BCUT2D eigenvalue weighted by atomic mass is 10.1. The summed E-state index contributed by atoms with van der Waals surface area (Å²) in [5.41, 5.74) is 0. The van der Waals surface area contributed by atoms with E-state index in [2.05, 4.69) is 10.3 Å². The fourth-order valence-corrected chi connectivity index (χ4v) is 2.06. The summed E-state index contributed by atoms with van der Waals surface area (Å²) >= 11 is 0. The molecule has 19 heavy (non-hydrogen) atoms. The second-order valence-corrected chi connectivity index (χ2v) is 4.49. The van der Waals surface area contributed by atoms with Crippen molar-refractivity contribution in [3.8, 4) is 5.75 Å². The van der Waals surface area contributed by atoms with Crippen LogP contribution in [0.15, 0.2) is 30.5 Å². The Hall–Kier alpha value is -1.81. The van der Waals surface area contributed by atoms with Crippen LogP contribution in [0.3, 0.4) is 0 Å². The molecule has 1 aromatic carbocycles. The Kier molecular flexibility index (Phi) is 4.58. The Morgan fingerprint density at radius 3 is 2.89 bits per heavy atom.